The molecule has 0 aromatic carbocycles. The molecule has 0 unspecified atom stereocenters. The molecule has 0 radical (unpaired) electrons. The van der Waals surface area contributed by atoms with Crippen molar-refractivity contribution in [3.63, 3.8) is 0 Å². The molecule has 6 heteroatoms. The van der Waals surface area contributed by atoms with Gasteiger partial charge in [0, 0.05) is 12.3 Å². The van der Waals surface area contributed by atoms with Gasteiger partial charge in [0.25, 0.3) is 5.91 Å². The van der Waals surface area contributed by atoms with Crippen LogP contribution in [-0.4, -0.2) is 28.5 Å². The van der Waals surface area contributed by atoms with Crippen LogP contribution in [0.25, 0.3) is 0 Å². The Bertz CT molecular complexity index is 390. The lowest BCUT2D eigenvalue weighted by Crippen LogP contribution is -2.29. The molecule has 1 amide bonds. The number of rotatable bonds is 3. The SMILES string of the molecule is O=C(O)CNC(=O)c1ccc(=O)[nH]c1. The Kier molecular flexibility index (Phi) is 3.01. The number of amides is 1. The van der Waals surface area contributed by atoms with Crippen molar-refractivity contribution < 1.29 is 14.7 Å². The number of aromatic nitrogens is 1. The minimum Gasteiger partial charge on any atom is -0.480 e. The summed E-state index contributed by atoms with van der Waals surface area (Å²) in [5, 5.41) is 10.4. The predicted octanol–water partition coefficient (Wildman–Crippen LogP) is -0.811. The number of pyridine rings is 1. The van der Waals surface area contributed by atoms with Crippen molar-refractivity contribution in [3.8, 4) is 0 Å². The third kappa shape index (κ3) is 2.74. The Morgan fingerprint density at radius 2 is 2.14 bits per heavy atom. The van der Waals surface area contributed by atoms with Gasteiger partial charge in [-0.15, -0.1) is 0 Å². The van der Waals surface area contributed by atoms with Crippen LogP contribution in [0.1, 0.15) is 10.4 Å². The van der Waals surface area contributed by atoms with Gasteiger partial charge in [-0.3, -0.25) is 14.4 Å². The van der Waals surface area contributed by atoms with Crippen LogP contribution < -0.4 is 10.9 Å². The molecule has 14 heavy (non-hydrogen) atoms. The van der Waals surface area contributed by atoms with E-state index in [0.29, 0.717) is 0 Å². The number of carboxylic acid groups (broad SMARTS) is 1. The average Bonchev–Trinajstić information content (AvgIpc) is 2.15. The highest BCUT2D eigenvalue weighted by atomic mass is 16.4. The third-order valence-corrected chi connectivity index (χ3v) is 1.45. The van der Waals surface area contributed by atoms with Crippen molar-refractivity contribution in [2.75, 3.05) is 6.54 Å². The number of carbonyl (C=O) groups excluding carboxylic acids is 1. The molecule has 3 N–H and O–H groups in total. The molecule has 0 aliphatic carbocycles. The lowest BCUT2D eigenvalue weighted by atomic mass is 10.3. The van der Waals surface area contributed by atoms with Gasteiger partial charge >= 0.3 is 5.97 Å². The molecule has 0 saturated heterocycles. The summed E-state index contributed by atoms with van der Waals surface area (Å²) in [5.74, 6) is -1.66. The number of nitrogens with one attached hydrogen (secondary N) is 2. The van der Waals surface area contributed by atoms with E-state index in [1.807, 2.05) is 0 Å². The number of aromatic amines is 1. The Morgan fingerprint density at radius 1 is 1.43 bits per heavy atom. The monoisotopic (exact) mass is 196 g/mol. The van der Waals surface area contributed by atoms with E-state index in [2.05, 4.69) is 10.3 Å². The van der Waals surface area contributed by atoms with Gasteiger partial charge in [0.15, 0.2) is 0 Å². The molecule has 74 valence electrons. The van der Waals surface area contributed by atoms with Gasteiger partial charge in [-0.25, -0.2) is 0 Å². The molecule has 0 fully saturated rings. The van der Waals surface area contributed by atoms with Crippen LogP contribution in [0.5, 0.6) is 0 Å². The van der Waals surface area contributed by atoms with Gasteiger partial charge < -0.3 is 15.4 Å². The second kappa shape index (κ2) is 4.22. The lowest BCUT2D eigenvalue weighted by Gasteiger charge is -2.00. The molecule has 1 heterocycles. The molecular formula is C8H8N2O4. The second-order valence-corrected chi connectivity index (χ2v) is 2.52. The largest absolute Gasteiger partial charge is 0.480 e. The lowest BCUT2D eigenvalue weighted by molar-refractivity contribution is -0.135. The summed E-state index contributed by atoms with van der Waals surface area (Å²) >= 11 is 0. The number of hydrogen-bond acceptors (Lipinski definition) is 3. The highest BCUT2D eigenvalue weighted by Crippen LogP contribution is 1.91. The molecule has 1 aromatic rings. The molecular weight excluding hydrogens is 188 g/mol. The predicted molar refractivity (Wildman–Crippen MR) is 47.0 cm³/mol. The maximum absolute atomic E-state index is 11.2. The standard InChI is InChI=1S/C8H8N2O4/c11-6-2-1-5(3-9-6)8(14)10-4-7(12)13/h1-3H,4H2,(H,9,11)(H,10,14)(H,12,13). The molecule has 1 aromatic heterocycles. The zero-order valence-electron chi connectivity index (χ0n) is 7.11. The topological polar surface area (TPSA) is 99.3 Å². The van der Waals surface area contributed by atoms with E-state index in [-0.39, 0.29) is 11.1 Å². The van der Waals surface area contributed by atoms with E-state index in [4.69, 9.17) is 5.11 Å². The number of H-pyrrole nitrogens is 1. The van der Waals surface area contributed by atoms with E-state index >= 15 is 0 Å². The summed E-state index contributed by atoms with van der Waals surface area (Å²) in [6.45, 7) is -0.446. The van der Waals surface area contributed by atoms with Crippen molar-refractivity contribution >= 4 is 11.9 Å². The van der Waals surface area contributed by atoms with Crippen LogP contribution in [0, 0.1) is 0 Å². The summed E-state index contributed by atoms with van der Waals surface area (Å²) in [5.41, 5.74) is -0.106. The van der Waals surface area contributed by atoms with Crippen molar-refractivity contribution in [2.24, 2.45) is 0 Å². The van der Waals surface area contributed by atoms with Crippen molar-refractivity contribution in [1.29, 1.82) is 0 Å². The molecule has 0 bridgehead atoms. The highest BCUT2D eigenvalue weighted by molar-refractivity contribution is 5.95. The maximum atomic E-state index is 11.2. The van der Waals surface area contributed by atoms with E-state index < -0.39 is 18.4 Å². The maximum Gasteiger partial charge on any atom is 0.322 e. The number of aliphatic carboxylic acids is 1. The second-order valence-electron chi connectivity index (χ2n) is 2.52. The van der Waals surface area contributed by atoms with Crippen molar-refractivity contribution in [2.45, 2.75) is 0 Å². The minimum absolute atomic E-state index is 0.214. The van der Waals surface area contributed by atoms with Crippen LogP contribution in [-0.2, 0) is 4.79 Å². The summed E-state index contributed by atoms with van der Waals surface area (Å²) in [4.78, 5) is 34.2. The molecule has 1 rings (SSSR count). The van der Waals surface area contributed by atoms with Gasteiger partial charge in [0.05, 0.1) is 5.56 Å². The van der Waals surface area contributed by atoms with Gasteiger partial charge in [-0.05, 0) is 6.07 Å². The van der Waals surface area contributed by atoms with Crippen molar-refractivity contribution in [1.82, 2.24) is 10.3 Å². The van der Waals surface area contributed by atoms with Gasteiger partial charge in [-0.1, -0.05) is 0 Å². The Labute approximate surface area is 78.6 Å². The smallest absolute Gasteiger partial charge is 0.322 e. The van der Waals surface area contributed by atoms with Gasteiger partial charge in [0.2, 0.25) is 5.56 Å². The van der Waals surface area contributed by atoms with E-state index in [1.54, 1.807) is 0 Å². The fourth-order valence-electron chi connectivity index (χ4n) is 0.810. The Balaban J connectivity index is 2.65. The summed E-state index contributed by atoms with van der Waals surface area (Å²) < 4.78 is 0. The van der Waals surface area contributed by atoms with Gasteiger partial charge in [0.1, 0.15) is 6.54 Å². The quantitative estimate of drug-likeness (QED) is 0.588. The fraction of sp³-hybridized carbons (Fsp3) is 0.125. The molecule has 6 nitrogen and oxygen atoms in total. The van der Waals surface area contributed by atoms with E-state index in [0.717, 1.165) is 0 Å². The molecule has 0 aliphatic heterocycles. The summed E-state index contributed by atoms with van der Waals surface area (Å²) in [6.07, 6.45) is 1.22. The summed E-state index contributed by atoms with van der Waals surface area (Å²) in [7, 11) is 0. The first-order valence-corrected chi connectivity index (χ1v) is 3.78. The first kappa shape index (κ1) is 9.97. The third-order valence-electron chi connectivity index (χ3n) is 1.45. The summed E-state index contributed by atoms with van der Waals surface area (Å²) in [6, 6.07) is 2.51. The van der Waals surface area contributed by atoms with E-state index in [1.165, 1.54) is 18.3 Å². The minimum atomic E-state index is -1.12. The highest BCUT2D eigenvalue weighted by Gasteiger charge is 2.06. The van der Waals surface area contributed by atoms with Crippen LogP contribution in [0.3, 0.4) is 0 Å². The first-order valence-electron chi connectivity index (χ1n) is 3.78. The molecule has 0 aliphatic rings. The number of hydrogen-bond donors (Lipinski definition) is 3. The number of carboxylic acids is 1. The molecule has 0 spiro atoms. The number of carbonyl (C=O) groups is 2. The van der Waals surface area contributed by atoms with Crippen LogP contribution in [0.4, 0.5) is 0 Å². The average molecular weight is 196 g/mol. The van der Waals surface area contributed by atoms with Gasteiger partial charge in [-0.2, -0.15) is 0 Å². The molecule has 0 saturated carbocycles. The zero-order valence-corrected chi connectivity index (χ0v) is 7.11. The normalized spacial score (nSPS) is 9.43. The fourth-order valence-corrected chi connectivity index (χ4v) is 0.810. The van der Waals surface area contributed by atoms with Crippen molar-refractivity contribution in [3.05, 3.63) is 34.2 Å². The van der Waals surface area contributed by atoms with E-state index in [9.17, 15) is 14.4 Å². The van der Waals surface area contributed by atoms with Crippen LogP contribution in [0.15, 0.2) is 23.1 Å². The molecule has 0 atom stereocenters. The zero-order chi connectivity index (χ0) is 10.6. The Morgan fingerprint density at radius 3 is 2.64 bits per heavy atom. The first-order chi connectivity index (χ1) is 6.59. The van der Waals surface area contributed by atoms with Crippen LogP contribution in [0.2, 0.25) is 0 Å². The van der Waals surface area contributed by atoms with Crippen LogP contribution >= 0.6 is 0 Å². The Hall–Kier alpha value is -2.11.